The number of hydrogen-bond acceptors (Lipinski definition) is 4. The van der Waals surface area contributed by atoms with Gasteiger partial charge in [-0.25, -0.2) is 16.8 Å². The lowest BCUT2D eigenvalue weighted by Gasteiger charge is -2.07. The van der Waals surface area contributed by atoms with Crippen molar-refractivity contribution in [1.29, 1.82) is 0 Å². The van der Waals surface area contributed by atoms with E-state index in [-0.39, 0.29) is 21.4 Å². The van der Waals surface area contributed by atoms with Crippen LogP contribution in [0.15, 0.2) is 28.0 Å². The summed E-state index contributed by atoms with van der Waals surface area (Å²) in [6.45, 7) is 1.58. The van der Waals surface area contributed by atoms with Crippen LogP contribution in [-0.2, 0) is 18.9 Å². The maximum absolute atomic E-state index is 11.8. The summed E-state index contributed by atoms with van der Waals surface area (Å²) in [5, 5.41) is 0. The Balaban J connectivity index is 3.45. The highest BCUT2D eigenvalue weighted by Crippen LogP contribution is 2.23. The standard InChI is InChI=1S/C9H10Cl2O4S2/c1-7-2-3-8(17(11,14)15)6-9(7)16(12,13)5-4-10/h2-3,6H,4-5H2,1H3. The maximum Gasteiger partial charge on any atom is 0.261 e. The van der Waals surface area contributed by atoms with E-state index in [4.69, 9.17) is 22.3 Å². The third-order valence-electron chi connectivity index (χ3n) is 2.12. The first-order valence-electron chi connectivity index (χ1n) is 4.52. The van der Waals surface area contributed by atoms with Gasteiger partial charge in [0.15, 0.2) is 9.84 Å². The molecule has 0 atom stereocenters. The van der Waals surface area contributed by atoms with Crippen LogP contribution < -0.4 is 0 Å². The number of alkyl halides is 1. The van der Waals surface area contributed by atoms with Gasteiger partial charge in [0.05, 0.1) is 15.5 Å². The maximum atomic E-state index is 11.8. The number of benzene rings is 1. The van der Waals surface area contributed by atoms with Gasteiger partial charge in [-0.05, 0) is 24.6 Å². The molecule has 0 saturated carbocycles. The highest BCUT2D eigenvalue weighted by Gasteiger charge is 2.20. The molecule has 0 aliphatic rings. The lowest BCUT2D eigenvalue weighted by Crippen LogP contribution is -2.10. The van der Waals surface area contributed by atoms with E-state index < -0.39 is 18.9 Å². The van der Waals surface area contributed by atoms with E-state index in [1.165, 1.54) is 12.1 Å². The minimum absolute atomic E-state index is 0.0557. The highest BCUT2D eigenvalue weighted by atomic mass is 35.7. The topological polar surface area (TPSA) is 68.3 Å². The fraction of sp³-hybridized carbons (Fsp3) is 0.333. The largest absolute Gasteiger partial charge is 0.261 e. The molecular weight excluding hydrogens is 307 g/mol. The number of halogens is 2. The van der Waals surface area contributed by atoms with Crippen molar-refractivity contribution in [2.24, 2.45) is 0 Å². The summed E-state index contributed by atoms with van der Waals surface area (Å²) in [6.07, 6.45) is 0. The molecule has 0 N–H and O–H groups in total. The van der Waals surface area contributed by atoms with Gasteiger partial charge in [-0.2, -0.15) is 0 Å². The summed E-state index contributed by atoms with van der Waals surface area (Å²) in [7, 11) is -2.36. The number of rotatable bonds is 4. The molecule has 0 heterocycles. The Morgan fingerprint density at radius 1 is 1.18 bits per heavy atom. The number of sulfone groups is 1. The van der Waals surface area contributed by atoms with Gasteiger partial charge in [-0.15, -0.1) is 11.6 Å². The van der Waals surface area contributed by atoms with Gasteiger partial charge in [0.1, 0.15) is 0 Å². The monoisotopic (exact) mass is 316 g/mol. The molecule has 96 valence electrons. The Morgan fingerprint density at radius 3 is 2.24 bits per heavy atom. The Kier molecular flexibility index (Phi) is 4.46. The molecule has 0 unspecified atom stereocenters. The molecular formula is C9H10Cl2O4S2. The van der Waals surface area contributed by atoms with E-state index in [9.17, 15) is 16.8 Å². The molecule has 1 aromatic carbocycles. The van der Waals surface area contributed by atoms with Crippen LogP contribution in [0.1, 0.15) is 5.56 Å². The molecule has 0 amide bonds. The molecule has 0 radical (unpaired) electrons. The van der Waals surface area contributed by atoms with Crippen LogP contribution in [0.4, 0.5) is 0 Å². The van der Waals surface area contributed by atoms with Gasteiger partial charge in [-0.3, -0.25) is 0 Å². The van der Waals surface area contributed by atoms with Crippen LogP contribution in [0.2, 0.25) is 0 Å². The van der Waals surface area contributed by atoms with Crippen molar-refractivity contribution >= 4 is 41.2 Å². The van der Waals surface area contributed by atoms with E-state index in [0.717, 1.165) is 6.07 Å². The van der Waals surface area contributed by atoms with E-state index in [1.807, 2.05) is 0 Å². The van der Waals surface area contributed by atoms with Crippen LogP contribution in [0.25, 0.3) is 0 Å². The summed E-state index contributed by atoms with van der Waals surface area (Å²) in [6, 6.07) is 3.72. The summed E-state index contributed by atoms with van der Waals surface area (Å²) in [4.78, 5) is -0.294. The van der Waals surface area contributed by atoms with Gasteiger partial charge in [0.25, 0.3) is 9.05 Å². The van der Waals surface area contributed by atoms with Gasteiger partial charge in [-0.1, -0.05) is 6.07 Å². The number of aryl methyl sites for hydroxylation is 1. The number of hydrogen-bond donors (Lipinski definition) is 0. The first-order chi connectivity index (χ1) is 7.68. The summed E-state index contributed by atoms with van der Waals surface area (Å²) >= 11 is 5.39. The van der Waals surface area contributed by atoms with Gasteiger partial charge in [0.2, 0.25) is 0 Å². The zero-order valence-corrected chi connectivity index (χ0v) is 12.0. The van der Waals surface area contributed by atoms with Crippen molar-refractivity contribution in [2.75, 3.05) is 11.6 Å². The summed E-state index contributed by atoms with van der Waals surface area (Å²) < 4.78 is 45.9. The smallest absolute Gasteiger partial charge is 0.224 e. The van der Waals surface area contributed by atoms with Crippen LogP contribution in [-0.4, -0.2) is 28.5 Å². The van der Waals surface area contributed by atoms with Crippen molar-refractivity contribution in [1.82, 2.24) is 0 Å². The highest BCUT2D eigenvalue weighted by molar-refractivity contribution is 8.13. The van der Waals surface area contributed by atoms with Crippen molar-refractivity contribution < 1.29 is 16.8 Å². The molecule has 1 rings (SSSR count). The van der Waals surface area contributed by atoms with Crippen molar-refractivity contribution in [3.8, 4) is 0 Å². The van der Waals surface area contributed by atoms with Crippen molar-refractivity contribution in [3.05, 3.63) is 23.8 Å². The molecule has 0 aliphatic carbocycles. The van der Waals surface area contributed by atoms with Crippen LogP contribution in [0, 0.1) is 6.92 Å². The minimum atomic E-state index is -3.94. The SMILES string of the molecule is Cc1ccc(S(=O)(=O)Cl)cc1S(=O)(=O)CCCl. The quantitative estimate of drug-likeness (QED) is 0.628. The lowest BCUT2D eigenvalue weighted by atomic mass is 10.2. The second-order valence-corrected chi connectivity index (χ2v) is 8.39. The Hall–Kier alpha value is -0.300. The first-order valence-corrected chi connectivity index (χ1v) is 9.02. The van der Waals surface area contributed by atoms with E-state index >= 15 is 0 Å². The van der Waals surface area contributed by atoms with Crippen LogP contribution >= 0.6 is 22.3 Å². The van der Waals surface area contributed by atoms with Crippen LogP contribution in [0.3, 0.4) is 0 Å². The molecule has 1 aromatic rings. The van der Waals surface area contributed by atoms with Crippen molar-refractivity contribution in [2.45, 2.75) is 16.7 Å². The molecule has 0 fully saturated rings. The normalized spacial score (nSPS) is 12.6. The van der Waals surface area contributed by atoms with E-state index in [2.05, 4.69) is 0 Å². The van der Waals surface area contributed by atoms with E-state index in [1.54, 1.807) is 6.92 Å². The predicted octanol–water partition coefficient (Wildman–Crippen LogP) is 1.94. The minimum Gasteiger partial charge on any atom is -0.224 e. The Morgan fingerprint density at radius 2 is 1.76 bits per heavy atom. The fourth-order valence-electron chi connectivity index (χ4n) is 1.28. The molecule has 0 aromatic heterocycles. The Bertz CT molecular complexity index is 620. The third kappa shape index (κ3) is 3.58. The molecule has 0 spiro atoms. The molecule has 4 nitrogen and oxygen atoms in total. The van der Waals surface area contributed by atoms with Gasteiger partial charge < -0.3 is 0 Å². The van der Waals surface area contributed by atoms with Gasteiger partial charge in [0, 0.05) is 16.6 Å². The molecule has 8 heteroatoms. The average Bonchev–Trinajstić information content (AvgIpc) is 2.15. The fourth-order valence-corrected chi connectivity index (χ4v) is 4.03. The van der Waals surface area contributed by atoms with Gasteiger partial charge >= 0.3 is 0 Å². The zero-order valence-electron chi connectivity index (χ0n) is 8.85. The summed E-state index contributed by atoms with van der Waals surface area (Å²) in [5.41, 5.74) is 0.458. The average molecular weight is 317 g/mol. The third-order valence-corrected chi connectivity index (χ3v) is 5.74. The second-order valence-electron chi connectivity index (χ2n) is 3.37. The summed E-state index contributed by atoms with van der Waals surface area (Å²) in [5.74, 6) is -0.305. The molecule has 17 heavy (non-hydrogen) atoms. The van der Waals surface area contributed by atoms with Crippen molar-refractivity contribution in [3.63, 3.8) is 0 Å². The first kappa shape index (κ1) is 14.8. The lowest BCUT2D eigenvalue weighted by molar-refractivity contribution is 0.596. The van der Waals surface area contributed by atoms with E-state index in [0.29, 0.717) is 5.56 Å². The Labute approximate surface area is 110 Å². The zero-order chi connectivity index (χ0) is 13.3. The predicted molar refractivity (Wildman–Crippen MR) is 67.0 cm³/mol. The molecule has 0 saturated heterocycles. The molecule has 0 bridgehead atoms. The second kappa shape index (κ2) is 5.14. The van der Waals surface area contributed by atoms with Crippen LogP contribution in [0.5, 0.6) is 0 Å². The molecule has 0 aliphatic heterocycles.